The number of anilines is 1. The lowest BCUT2D eigenvalue weighted by molar-refractivity contribution is 0.945. The highest BCUT2D eigenvalue weighted by molar-refractivity contribution is 5.63. The summed E-state index contributed by atoms with van der Waals surface area (Å²) >= 11 is 0. The molecule has 0 aliphatic carbocycles. The smallest absolute Gasteiger partial charge is 0.154 e. The maximum absolute atomic E-state index is 4.47. The Bertz CT molecular complexity index is 643. The maximum atomic E-state index is 4.47. The van der Waals surface area contributed by atoms with Gasteiger partial charge in [-0.05, 0) is 12.1 Å². The predicted octanol–water partition coefficient (Wildman–Crippen LogP) is 2.44. The van der Waals surface area contributed by atoms with Crippen LogP contribution < -0.4 is 5.32 Å². The molecular formula is C13H12N4. The molecule has 0 amide bonds. The summed E-state index contributed by atoms with van der Waals surface area (Å²) in [6.45, 7) is 0. The number of rotatable bonds is 2. The van der Waals surface area contributed by atoms with E-state index in [2.05, 4.69) is 27.5 Å². The number of imidazole rings is 1. The first-order valence-electron chi connectivity index (χ1n) is 5.46. The Morgan fingerprint density at radius 1 is 1.06 bits per heavy atom. The normalized spacial score (nSPS) is 10.6. The number of fused-ring (bicyclic) bond motifs is 1. The molecule has 0 radical (unpaired) electrons. The maximum Gasteiger partial charge on any atom is 0.154 e. The Balaban J connectivity index is 2.23. The summed E-state index contributed by atoms with van der Waals surface area (Å²) < 4.78 is 1.85. The van der Waals surface area contributed by atoms with Crippen LogP contribution in [0.5, 0.6) is 0 Å². The molecule has 84 valence electrons. The zero-order chi connectivity index (χ0) is 11.7. The summed E-state index contributed by atoms with van der Waals surface area (Å²) in [5, 5.41) is 7.50. The fourth-order valence-electron chi connectivity index (χ4n) is 1.81. The molecule has 0 spiro atoms. The monoisotopic (exact) mass is 224 g/mol. The average Bonchev–Trinajstić information content (AvgIpc) is 2.82. The van der Waals surface area contributed by atoms with Gasteiger partial charge in [-0.2, -0.15) is 0 Å². The molecule has 0 fully saturated rings. The lowest BCUT2D eigenvalue weighted by atomic mass is 10.2. The average molecular weight is 224 g/mol. The molecule has 3 aromatic rings. The van der Waals surface area contributed by atoms with Gasteiger partial charge in [-0.3, -0.25) is 0 Å². The van der Waals surface area contributed by atoms with Crippen molar-refractivity contribution in [1.82, 2.24) is 14.6 Å². The minimum absolute atomic E-state index is 0.827. The Labute approximate surface area is 98.9 Å². The van der Waals surface area contributed by atoms with E-state index in [0.717, 1.165) is 22.7 Å². The van der Waals surface area contributed by atoms with Crippen molar-refractivity contribution in [2.24, 2.45) is 0 Å². The molecule has 0 saturated carbocycles. The van der Waals surface area contributed by atoms with E-state index in [1.165, 1.54) is 0 Å². The Morgan fingerprint density at radius 2 is 1.88 bits per heavy atom. The fraction of sp³-hybridized carbons (Fsp3) is 0.0769. The van der Waals surface area contributed by atoms with Gasteiger partial charge in [0.25, 0.3) is 0 Å². The Morgan fingerprint density at radius 3 is 2.65 bits per heavy atom. The molecule has 0 aliphatic heterocycles. The molecule has 0 bridgehead atoms. The van der Waals surface area contributed by atoms with Crippen molar-refractivity contribution in [2.45, 2.75) is 0 Å². The first-order chi connectivity index (χ1) is 8.38. The van der Waals surface area contributed by atoms with Gasteiger partial charge < -0.3 is 5.32 Å². The van der Waals surface area contributed by atoms with Crippen molar-refractivity contribution in [3.8, 4) is 11.3 Å². The zero-order valence-electron chi connectivity index (χ0n) is 9.46. The van der Waals surface area contributed by atoms with Gasteiger partial charge in [0.15, 0.2) is 5.65 Å². The fourth-order valence-corrected chi connectivity index (χ4v) is 1.81. The van der Waals surface area contributed by atoms with Gasteiger partial charge in [-0.1, -0.05) is 30.3 Å². The van der Waals surface area contributed by atoms with Gasteiger partial charge in [-0.15, -0.1) is 5.10 Å². The summed E-state index contributed by atoms with van der Waals surface area (Å²) in [6.07, 6.45) is 1.84. The van der Waals surface area contributed by atoms with Crippen LogP contribution in [0, 0.1) is 0 Å². The van der Waals surface area contributed by atoms with Crippen molar-refractivity contribution in [2.75, 3.05) is 12.4 Å². The number of aromatic nitrogens is 3. The third-order valence-electron chi connectivity index (χ3n) is 2.69. The van der Waals surface area contributed by atoms with Gasteiger partial charge in [-0.25, -0.2) is 9.50 Å². The van der Waals surface area contributed by atoms with Crippen molar-refractivity contribution in [3.63, 3.8) is 0 Å². The van der Waals surface area contributed by atoms with Crippen LogP contribution in [0.15, 0.2) is 48.7 Å². The molecule has 2 heterocycles. The lowest BCUT2D eigenvalue weighted by Crippen LogP contribution is -1.99. The van der Waals surface area contributed by atoms with Crippen LogP contribution in [-0.2, 0) is 0 Å². The molecule has 0 aliphatic rings. The summed E-state index contributed by atoms with van der Waals surface area (Å²) in [5.41, 5.74) is 2.96. The van der Waals surface area contributed by atoms with E-state index in [1.54, 1.807) is 0 Å². The van der Waals surface area contributed by atoms with Crippen LogP contribution in [0.25, 0.3) is 16.9 Å². The SMILES string of the molecule is CNc1ccc2ncc(-c3ccccc3)n2n1. The molecule has 2 aromatic heterocycles. The summed E-state index contributed by atoms with van der Waals surface area (Å²) in [6, 6.07) is 14.0. The van der Waals surface area contributed by atoms with Crippen LogP contribution in [0.1, 0.15) is 0 Å². The highest BCUT2D eigenvalue weighted by Gasteiger charge is 2.06. The van der Waals surface area contributed by atoms with Crippen LogP contribution in [-0.4, -0.2) is 21.6 Å². The molecular weight excluding hydrogens is 212 g/mol. The molecule has 0 saturated heterocycles. The molecule has 3 rings (SSSR count). The van der Waals surface area contributed by atoms with Crippen LogP contribution in [0.4, 0.5) is 5.82 Å². The van der Waals surface area contributed by atoms with Gasteiger partial charge in [0.1, 0.15) is 5.82 Å². The second-order valence-electron chi connectivity index (χ2n) is 3.75. The zero-order valence-corrected chi connectivity index (χ0v) is 9.46. The van der Waals surface area contributed by atoms with Crippen molar-refractivity contribution in [1.29, 1.82) is 0 Å². The number of nitrogens with zero attached hydrogens (tertiary/aromatic N) is 3. The number of hydrogen-bond donors (Lipinski definition) is 1. The number of benzene rings is 1. The van der Waals surface area contributed by atoms with Crippen molar-refractivity contribution >= 4 is 11.5 Å². The van der Waals surface area contributed by atoms with Gasteiger partial charge in [0.2, 0.25) is 0 Å². The standard InChI is InChI=1S/C13H12N4/c1-14-12-7-8-13-15-9-11(17(13)16-12)10-5-3-2-4-6-10/h2-9H,1H3,(H,14,16). The van der Waals surface area contributed by atoms with E-state index < -0.39 is 0 Å². The third kappa shape index (κ3) is 1.63. The molecule has 4 nitrogen and oxygen atoms in total. The molecule has 1 aromatic carbocycles. The number of nitrogens with one attached hydrogen (secondary N) is 1. The second-order valence-corrected chi connectivity index (χ2v) is 3.75. The van der Waals surface area contributed by atoms with Crippen LogP contribution >= 0.6 is 0 Å². The van der Waals surface area contributed by atoms with Gasteiger partial charge in [0.05, 0.1) is 11.9 Å². The van der Waals surface area contributed by atoms with Crippen molar-refractivity contribution in [3.05, 3.63) is 48.7 Å². The first kappa shape index (κ1) is 9.84. The topological polar surface area (TPSA) is 42.2 Å². The molecule has 0 unspecified atom stereocenters. The van der Waals surface area contributed by atoms with E-state index >= 15 is 0 Å². The van der Waals surface area contributed by atoms with E-state index in [0.29, 0.717) is 0 Å². The molecule has 4 heteroatoms. The number of hydrogen-bond acceptors (Lipinski definition) is 3. The molecule has 17 heavy (non-hydrogen) atoms. The summed E-state index contributed by atoms with van der Waals surface area (Å²) in [4.78, 5) is 4.34. The predicted molar refractivity (Wildman–Crippen MR) is 68.0 cm³/mol. The van der Waals surface area contributed by atoms with Crippen molar-refractivity contribution < 1.29 is 0 Å². The van der Waals surface area contributed by atoms with E-state index in [4.69, 9.17) is 0 Å². The Kier molecular flexibility index (Phi) is 2.26. The van der Waals surface area contributed by atoms with E-state index in [1.807, 2.05) is 48.1 Å². The molecule has 0 atom stereocenters. The molecule has 1 N–H and O–H groups in total. The highest BCUT2D eigenvalue weighted by Crippen LogP contribution is 2.20. The van der Waals surface area contributed by atoms with E-state index in [9.17, 15) is 0 Å². The first-order valence-corrected chi connectivity index (χ1v) is 5.46. The second kappa shape index (κ2) is 3.90. The van der Waals surface area contributed by atoms with Crippen LogP contribution in [0.3, 0.4) is 0 Å². The highest BCUT2D eigenvalue weighted by atomic mass is 15.3. The minimum Gasteiger partial charge on any atom is -0.372 e. The largest absolute Gasteiger partial charge is 0.372 e. The lowest BCUT2D eigenvalue weighted by Gasteiger charge is -2.03. The quantitative estimate of drug-likeness (QED) is 0.727. The minimum atomic E-state index is 0.827. The van der Waals surface area contributed by atoms with E-state index in [-0.39, 0.29) is 0 Å². The van der Waals surface area contributed by atoms with Crippen LogP contribution in [0.2, 0.25) is 0 Å². The van der Waals surface area contributed by atoms with Gasteiger partial charge in [0, 0.05) is 12.6 Å². The van der Waals surface area contributed by atoms with Gasteiger partial charge >= 0.3 is 0 Å². The summed E-state index contributed by atoms with van der Waals surface area (Å²) in [7, 11) is 1.85. The Hall–Kier alpha value is -2.36. The summed E-state index contributed by atoms with van der Waals surface area (Å²) in [5.74, 6) is 0.827. The third-order valence-corrected chi connectivity index (χ3v) is 2.69.